The van der Waals surface area contributed by atoms with Crippen LogP contribution in [0.2, 0.25) is 0 Å². The molecule has 1 atom stereocenters. The molecule has 1 heterocycles. The number of fused-ring (bicyclic) bond motifs is 1. The van der Waals surface area contributed by atoms with Crippen molar-refractivity contribution in [2.24, 2.45) is 10.9 Å². The number of benzene rings is 3. The van der Waals surface area contributed by atoms with E-state index in [0.717, 1.165) is 15.8 Å². The molecule has 0 aliphatic rings. The van der Waals surface area contributed by atoms with E-state index < -0.39 is 27.9 Å². The van der Waals surface area contributed by atoms with Gasteiger partial charge in [0.15, 0.2) is 5.84 Å². The number of carbonyl (C=O) groups excluding carboxylic acids is 2. The number of nitrogens with zero attached hydrogens (tertiary/aromatic N) is 2. The smallest absolute Gasteiger partial charge is 0.332 e. The number of carbonyl (C=O) groups is 2. The number of nitrogens with two attached hydrogens (primary N) is 1. The van der Waals surface area contributed by atoms with Crippen molar-refractivity contribution in [2.45, 2.75) is 24.3 Å². The van der Waals surface area contributed by atoms with Gasteiger partial charge in [-0.1, -0.05) is 41.6 Å². The Bertz CT molecular complexity index is 1650. The lowest BCUT2D eigenvalue weighted by molar-refractivity contribution is -0.140. The van der Waals surface area contributed by atoms with Crippen LogP contribution in [-0.4, -0.2) is 51.4 Å². The van der Waals surface area contributed by atoms with Gasteiger partial charge in [-0.15, -0.1) is 11.3 Å². The Hall–Kier alpha value is -4.17. The summed E-state index contributed by atoms with van der Waals surface area (Å²) in [6, 6.07) is 19.6. The van der Waals surface area contributed by atoms with Crippen LogP contribution in [0, 0.1) is 0 Å². The second-order valence-electron chi connectivity index (χ2n) is 8.93. The van der Waals surface area contributed by atoms with Crippen molar-refractivity contribution in [3.05, 3.63) is 94.5 Å². The van der Waals surface area contributed by atoms with Gasteiger partial charge in [0.25, 0.3) is 5.91 Å². The van der Waals surface area contributed by atoms with Gasteiger partial charge >= 0.3 is 5.97 Å². The maximum atomic E-state index is 13.6. The van der Waals surface area contributed by atoms with Crippen LogP contribution in [0.15, 0.2) is 82.8 Å². The van der Waals surface area contributed by atoms with Gasteiger partial charge in [0, 0.05) is 31.7 Å². The zero-order valence-electron chi connectivity index (χ0n) is 22.4. The molecular formula is C28H29N5O6S2. The predicted molar refractivity (Wildman–Crippen MR) is 156 cm³/mol. The Morgan fingerprint density at radius 3 is 2.56 bits per heavy atom. The summed E-state index contributed by atoms with van der Waals surface area (Å²) >= 11 is 1.38. The van der Waals surface area contributed by atoms with E-state index in [4.69, 9.17) is 15.5 Å². The highest BCUT2D eigenvalue weighted by molar-refractivity contribution is 7.89. The molecule has 0 spiro atoms. The predicted octanol–water partition coefficient (Wildman–Crippen LogP) is 3.12. The van der Waals surface area contributed by atoms with Crippen LogP contribution in [0.3, 0.4) is 0 Å². The van der Waals surface area contributed by atoms with Gasteiger partial charge in [0.1, 0.15) is 5.01 Å². The molecule has 1 aromatic heterocycles. The number of methoxy groups -OCH3 is 1. The van der Waals surface area contributed by atoms with E-state index in [1.807, 2.05) is 30.3 Å². The summed E-state index contributed by atoms with van der Waals surface area (Å²) in [5.74, 6) is -1.02. The van der Waals surface area contributed by atoms with Gasteiger partial charge in [-0.05, 0) is 48.4 Å². The first kappa shape index (κ1) is 29.8. The van der Waals surface area contributed by atoms with Crippen LogP contribution in [0.25, 0.3) is 10.2 Å². The van der Waals surface area contributed by atoms with Gasteiger partial charge < -0.3 is 20.6 Å². The molecule has 0 fully saturated rings. The number of sulfonamides is 1. The number of nitrogens with one attached hydrogen (secondary N) is 2. The van der Waals surface area contributed by atoms with Crippen LogP contribution in [-0.2, 0) is 30.8 Å². The first-order chi connectivity index (χ1) is 19.7. The van der Waals surface area contributed by atoms with E-state index in [0.29, 0.717) is 23.7 Å². The lowest BCUT2D eigenvalue weighted by atomic mass is 10.0. The fraction of sp³-hybridized carbons (Fsp3) is 0.214. The lowest BCUT2D eigenvalue weighted by Crippen LogP contribution is -2.31. The van der Waals surface area contributed by atoms with Gasteiger partial charge in [-0.2, -0.15) is 0 Å². The maximum absolute atomic E-state index is 13.6. The first-order valence-electron chi connectivity index (χ1n) is 12.5. The molecule has 214 valence electrons. The molecule has 0 aliphatic heterocycles. The number of hydrogen-bond donors (Lipinski definition) is 3. The molecule has 1 amide bonds. The fourth-order valence-corrected chi connectivity index (χ4v) is 6.25. The molecule has 41 heavy (non-hydrogen) atoms. The van der Waals surface area contributed by atoms with Gasteiger partial charge in [-0.25, -0.2) is 22.9 Å². The zero-order valence-corrected chi connectivity index (χ0v) is 24.0. The minimum absolute atomic E-state index is 0.000224. The van der Waals surface area contributed by atoms with Crippen molar-refractivity contribution in [3.8, 4) is 0 Å². The SMILES string of the molecule is COCCNC(=O)c1cccc(S(=O)(=O)NC(Cc2cccc(/C(N)=N\OC(C)=O)c2)c2nc3ccccc3s2)c1. The zero-order chi connectivity index (χ0) is 29.4. The van der Waals surface area contributed by atoms with Crippen LogP contribution in [0.5, 0.6) is 0 Å². The summed E-state index contributed by atoms with van der Waals surface area (Å²) in [5, 5.41) is 6.88. The number of ether oxygens (including phenoxy) is 1. The number of oxime groups is 1. The van der Waals surface area contributed by atoms with Crippen molar-refractivity contribution in [1.29, 1.82) is 0 Å². The third-order valence-electron chi connectivity index (χ3n) is 5.84. The van der Waals surface area contributed by atoms with Crippen molar-refractivity contribution < 1.29 is 27.6 Å². The topological polar surface area (TPSA) is 162 Å². The molecule has 0 radical (unpaired) electrons. The van der Waals surface area contributed by atoms with Crippen LogP contribution >= 0.6 is 11.3 Å². The Morgan fingerprint density at radius 1 is 1.05 bits per heavy atom. The Balaban J connectivity index is 1.65. The monoisotopic (exact) mass is 595 g/mol. The number of hydrogen-bond acceptors (Lipinski definition) is 9. The Kier molecular flexibility index (Phi) is 9.78. The third-order valence-corrected chi connectivity index (χ3v) is 8.46. The van der Waals surface area contributed by atoms with E-state index in [9.17, 15) is 18.0 Å². The van der Waals surface area contributed by atoms with Crippen molar-refractivity contribution in [2.75, 3.05) is 20.3 Å². The highest BCUT2D eigenvalue weighted by atomic mass is 32.2. The molecule has 3 aromatic carbocycles. The molecule has 11 nitrogen and oxygen atoms in total. The second kappa shape index (κ2) is 13.5. The molecule has 4 aromatic rings. The number of rotatable bonds is 12. The van der Waals surface area contributed by atoms with Crippen LogP contribution in [0.1, 0.15) is 39.5 Å². The van der Waals surface area contributed by atoms with Crippen LogP contribution < -0.4 is 15.8 Å². The Labute approximate surface area is 241 Å². The number of aromatic nitrogens is 1. The van der Waals surface area contributed by atoms with E-state index >= 15 is 0 Å². The highest BCUT2D eigenvalue weighted by Gasteiger charge is 2.25. The summed E-state index contributed by atoms with van der Waals surface area (Å²) < 4.78 is 35.9. The highest BCUT2D eigenvalue weighted by Crippen LogP contribution is 2.30. The molecule has 13 heteroatoms. The quantitative estimate of drug-likeness (QED) is 0.0740. The van der Waals surface area contributed by atoms with E-state index in [1.54, 1.807) is 24.3 Å². The van der Waals surface area contributed by atoms with E-state index in [2.05, 4.69) is 20.0 Å². The molecule has 0 aliphatic carbocycles. The van der Waals surface area contributed by atoms with Gasteiger partial charge in [-0.3, -0.25) is 4.79 Å². The summed E-state index contributed by atoms with van der Waals surface area (Å²) in [6.07, 6.45) is 0.227. The molecular weight excluding hydrogens is 566 g/mol. The summed E-state index contributed by atoms with van der Waals surface area (Å²) in [4.78, 5) is 32.9. The Morgan fingerprint density at radius 2 is 1.80 bits per heavy atom. The largest absolute Gasteiger partial charge is 0.383 e. The number of amides is 1. The molecule has 0 bridgehead atoms. The van der Waals surface area contributed by atoms with Crippen LogP contribution in [0.4, 0.5) is 0 Å². The van der Waals surface area contributed by atoms with Gasteiger partial charge in [0.05, 0.1) is 27.8 Å². The third kappa shape index (κ3) is 7.95. The molecule has 0 saturated heterocycles. The van der Waals surface area contributed by atoms with Gasteiger partial charge in [0.2, 0.25) is 10.0 Å². The molecule has 4 N–H and O–H groups in total. The molecule has 0 saturated carbocycles. The van der Waals surface area contributed by atoms with Crippen molar-refractivity contribution >= 4 is 49.3 Å². The fourth-order valence-electron chi connectivity index (χ4n) is 3.91. The lowest BCUT2D eigenvalue weighted by Gasteiger charge is -2.18. The normalized spacial score (nSPS) is 12.7. The summed E-state index contributed by atoms with van der Waals surface area (Å²) in [7, 11) is -2.56. The minimum atomic E-state index is -4.08. The minimum Gasteiger partial charge on any atom is -0.383 e. The first-order valence-corrected chi connectivity index (χ1v) is 14.8. The average molecular weight is 596 g/mol. The second-order valence-corrected chi connectivity index (χ2v) is 11.7. The van der Waals surface area contributed by atoms with E-state index in [-0.39, 0.29) is 22.7 Å². The van der Waals surface area contributed by atoms with Crippen molar-refractivity contribution in [3.63, 3.8) is 0 Å². The molecule has 4 rings (SSSR count). The number of thiazole rings is 1. The average Bonchev–Trinajstić information content (AvgIpc) is 3.40. The number of amidine groups is 1. The molecule has 1 unspecified atom stereocenters. The summed E-state index contributed by atoms with van der Waals surface area (Å²) in [6.45, 7) is 1.84. The summed E-state index contributed by atoms with van der Waals surface area (Å²) in [5.41, 5.74) is 8.16. The van der Waals surface area contributed by atoms with Crippen molar-refractivity contribution in [1.82, 2.24) is 15.0 Å². The standard InChI is InChI=1S/C28H29N5O6S2/c1-18(34)39-32-26(29)20-8-5-7-19(15-20)16-24(28-31-23-11-3-4-12-25(23)40-28)33-41(36,37)22-10-6-9-21(17-22)27(35)30-13-14-38-2/h3-12,15,17,24,33H,13-14,16H2,1-2H3,(H2,29,32)(H,30,35). The number of para-hydroxylation sites is 1. The maximum Gasteiger partial charge on any atom is 0.332 e. The van der Waals surface area contributed by atoms with E-state index in [1.165, 1.54) is 43.6 Å².